The molecule has 0 fully saturated rings. The summed E-state index contributed by atoms with van der Waals surface area (Å²) in [4.78, 5) is 0. The summed E-state index contributed by atoms with van der Waals surface area (Å²) in [6, 6.07) is 0. The number of rotatable bonds is 6. The summed E-state index contributed by atoms with van der Waals surface area (Å²) < 4.78 is 160. The summed E-state index contributed by atoms with van der Waals surface area (Å²) in [6.07, 6.45) is -20.8. The highest BCUT2D eigenvalue weighted by Gasteiger charge is 2.78. The molecule has 0 unspecified atom stereocenters. The van der Waals surface area contributed by atoms with Crippen LogP contribution in [0.25, 0.3) is 0 Å². The minimum absolute atomic E-state index is 0.841. The van der Waals surface area contributed by atoms with Crippen molar-refractivity contribution in [2.24, 2.45) is 0 Å². The maximum absolute atomic E-state index is 13.8. The molecule has 0 aliphatic carbocycles. The summed E-state index contributed by atoms with van der Waals surface area (Å²) in [5.41, 5.74) is -7.07. The topological polar surface area (TPSA) is 35.5 Å². The van der Waals surface area contributed by atoms with Crippen molar-refractivity contribution in [1.82, 2.24) is 0 Å². The van der Waals surface area contributed by atoms with Crippen LogP contribution in [0.3, 0.4) is 0 Å². The van der Waals surface area contributed by atoms with Gasteiger partial charge in [0.05, 0.1) is 13.2 Å². The Morgan fingerprint density at radius 2 is 1.12 bits per heavy atom. The largest absolute Gasteiger partial charge is 0.438 e. The molecule has 0 aliphatic rings. The number of halogens is 11. The fraction of sp³-hybridized carbons (Fsp3) is 0.800. The lowest BCUT2D eigenvalue weighted by atomic mass is 10.0. The second kappa shape index (κ2) is 7.39. The van der Waals surface area contributed by atoms with E-state index >= 15 is 0 Å². The Labute approximate surface area is 133 Å². The van der Waals surface area contributed by atoms with Crippen LogP contribution in [-0.2, 0) is 13.6 Å². The van der Waals surface area contributed by atoms with Gasteiger partial charge in [0.2, 0.25) is 0 Å². The molecule has 0 N–H and O–H groups in total. The minimum atomic E-state index is -7.19. The number of alkyl halides is 10. The second-order valence-electron chi connectivity index (χ2n) is 4.15. The minimum Gasteiger partial charge on any atom is -0.305 e. The number of hydrogen-bond acceptors (Lipinski definition) is 3. The van der Waals surface area contributed by atoms with Gasteiger partial charge in [-0.3, -0.25) is 4.57 Å². The highest BCUT2D eigenvalue weighted by atomic mass is 31.2. The van der Waals surface area contributed by atoms with E-state index in [2.05, 4.69) is 9.05 Å². The van der Waals surface area contributed by atoms with Crippen LogP contribution in [0.1, 0.15) is 13.8 Å². The SMILES string of the molecule is CCOP(=O)(OCC)/C(=C(\F)C(F)(C(F)(F)F)C(F)(F)F)C(F)(F)F. The molecule has 0 aromatic rings. The van der Waals surface area contributed by atoms with Gasteiger partial charge in [-0.25, -0.2) is 8.78 Å². The Morgan fingerprint density at radius 1 is 0.800 bits per heavy atom. The van der Waals surface area contributed by atoms with Crippen LogP contribution in [0.2, 0.25) is 0 Å². The molecule has 0 saturated carbocycles. The number of hydrogen-bond donors (Lipinski definition) is 0. The Hall–Kier alpha value is -0.880. The summed E-state index contributed by atoms with van der Waals surface area (Å²) in [7, 11) is -6.10. The lowest BCUT2D eigenvalue weighted by Gasteiger charge is -2.31. The molecule has 150 valence electrons. The zero-order valence-electron chi connectivity index (χ0n) is 12.2. The van der Waals surface area contributed by atoms with Gasteiger partial charge in [0.15, 0.2) is 11.1 Å². The Kier molecular flexibility index (Phi) is 7.13. The molecule has 0 aromatic heterocycles. The van der Waals surface area contributed by atoms with E-state index in [-0.39, 0.29) is 0 Å². The summed E-state index contributed by atoms with van der Waals surface area (Å²) >= 11 is 0. The molecule has 0 aliphatic heterocycles. The quantitative estimate of drug-likeness (QED) is 0.402. The summed E-state index contributed by atoms with van der Waals surface area (Å²) in [6.45, 7) is -0.287. The van der Waals surface area contributed by atoms with E-state index in [9.17, 15) is 52.9 Å². The molecule has 0 heterocycles. The number of allylic oxidation sites excluding steroid dienone is 2. The van der Waals surface area contributed by atoms with E-state index in [1.165, 1.54) is 0 Å². The Morgan fingerprint density at radius 3 is 1.32 bits per heavy atom. The van der Waals surface area contributed by atoms with E-state index < -0.39 is 56.1 Å². The fourth-order valence-corrected chi connectivity index (χ4v) is 3.20. The molecular formula is C10H10F11O3P. The van der Waals surface area contributed by atoms with Crippen LogP contribution < -0.4 is 0 Å². The van der Waals surface area contributed by atoms with Gasteiger partial charge in [0.1, 0.15) is 0 Å². The van der Waals surface area contributed by atoms with Crippen LogP contribution in [0, 0.1) is 0 Å². The maximum Gasteiger partial charge on any atom is 0.438 e. The molecule has 0 bridgehead atoms. The van der Waals surface area contributed by atoms with E-state index in [1.54, 1.807) is 0 Å². The van der Waals surface area contributed by atoms with Crippen molar-refractivity contribution in [2.75, 3.05) is 13.2 Å². The third-order valence-corrected chi connectivity index (χ3v) is 4.63. The lowest BCUT2D eigenvalue weighted by molar-refractivity contribution is -0.331. The highest BCUT2D eigenvalue weighted by molar-refractivity contribution is 7.58. The molecule has 0 spiro atoms. The first kappa shape index (κ1) is 24.1. The van der Waals surface area contributed by atoms with Crippen molar-refractivity contribution in [2.45, 2.75) is 38.0 Å². The highest BCUT2D eigenvalue weighted by Crippen LogP contribution is 2.66. The molecule has 0 aromatic carbocycles. The first-order valence-electron chi connectivity index (χ1n) is 6.09. The lowest BCUT2D eigenvalue weighted by Crippen LogP contribution is -2.54. The molecule has 25 heavy (non-hydrogen) atoms. The van der Waals surface area contributed by atoms with Crippen molar-refractivity contribution in [3.63, 3.8) is 0 Å². The van der Waals surface area contributed by atoms with Gasteiger partial charge in [0, 0.05) is 0 Å². The standard InChI is InChI=1S/C10H10F11O3P/c1-3-23-25(22,24-4-2)6(8(13,14)15)5(11)7(12,9(16,17)18)10(19,20)21/h3-4H2,1-2H3/b6-5-. The smallest absolute Gasteiger partial charge is 0.305 e. The fourth-order valence-electron chi connectivity index (χ4n) is 1.48. The Balaban J connectivity index is 7.05. The van der Waals surface area contributed by atoms with E-state index in [0.29, 0.717) is 0 Å². The van der Waals surface area contributed by atoms with Crippen molar-refractivity contribution >= 4 is 7.60 Å². The maximum atomic E-state index is 13.8. The molecule has 15 heteroatoms. The van der Waals surface area contributed by atoms with Crippen molar-refractivity contribution in [3.8, 4) is 0 Å². The van der Waals surface area contributed by atoms with Gasteiger partial charge < -0.3 is 9.05 Å². The molecule has 0 radical (unpaired) electrons. The van der Waals surface area contributed by atoms with E-state index in [0.717, 1.165) is 13.8 Å². The first-order valence-corrected chi connectivity index (χ1v) is 7.63. The van der Waals surface area contributed by atoms with Gasteiger partial charge in [-0.2, -0.15) is 39.5 Å². The van der Waals surface area contributed by atoms with Crippen LogP contribution in [-0.4, -0.2) is 37.4 Å². The van der Waals surface area contributed by atoms with E-state index in [4.69, 9.17) is 0 Å². The van der Waals surface area contributed by atoms with Crippen LogP contribution in [0.5, 0.6) is 0 Å². The van der Waals surface area contributed by atoms with Gasteiger partial charge in [-0.15, -0.1) is 0 Å². The van der Waals surface area contributed by atoms with Crippen molar-refractivity contribution in [3.05, 3.63) is 11.1 Å². The Bertz CT molecular complexity index is 522. The van der Waals surface area contributed by atoms with Crippen molar-refractivity contribution < 1.29 is 61.9 Å². The third kappa shape index (κ3) is 4.64. The summed E-state index contributed by atoms with van der Waals surface area (Å²) in [5, 5.41) is -3.65. The van der Waals surface area contributed by atoms with Crippen LogP contribution in [0.15, 0.2) is 11.1 Å². The average molecular weight is 418 g/mol. The molecule has 0 atom stereocenters. The van der Waals surface area contributed by atoms with Gasteiger partial charge in [-0.05, 0) is 13.8 Å². The second-order valence-corrected chi connectivity index (χ2v) is 6.11. The molecule has 3 nitrogen and oxygen atoms in total. The van der Waals surface area contributed by atoms with Crippen molar-refractivity contribution in [1.29, 1.82) is 0 Å². The zero-order chi connectivity index (χ0) is 20.5. The monoisotopic (exact) mass is 418 g/mol. The van der Waals surface area contributed by atoms with E-state index in [1.807, 2.05) is 0 Å². The normalized spacial score (nSPS) is 16.0. The first-order chi connectivity index (χ1) is 10.9. The summed E-state index contributed by atoms with van der Waals surface area (Å²) in [5.74, 6) is -4.41. The average Bonchev–Trinajstić information content (AvgIpc) is 2.33. The van der Waals surface area contributed by atoms with Gasteiger partial charge >= 0.3 is 31.8 Å². The molecule has 0 amide bonds. The van der Waals surface area contributed by atoms with Gasteiger partial charge in [0.25, 0.3) is 0 Å². The predicted octanol–water partition coefficient (Wildman–Crippen LogP) is 5.83. The zero-order valence-corrected chi connectivity index (χ0v) is 13.1. The molecule has 0 rings (SSSR count). The predicted molar refractivity (Wildman–Crippen MR) is 61.0 cm³/mol. The third-order valence-electron chi connectivity index (χ3n) is 2.43. The molecular weight excluding hydrogens is 408 g/mol. The molecule has 0 saturated heterocycles. The van der Waals surface area contributed by atoms with Crippen LogP contribution >= 0.6 is 7.60 Å². The van der Waals surface area contributed by atoms with Crippen LogP contribution in [0.4, 0.5) is 48.3 Å². The van der Waals surface area contributed by atoms with Gasteiger partial charge in [-0.1, -0.05) is 0 Å².